The second-order valence-corrected chi connectivity index (χ2v) is 3.67. The van der Waals surface area contributed by atoms with Gasteiger partial charge in [0.25, 0.3) is 0 Å². The molecule has 0 saturated heterocycles. The highest BCUT2D eigenvalue weighted by Crippen LogP contribution is 2.07. The Morgan fingerprint density at radius 3 is 2.62 bits per heavy atom. The zero-order valence-corrected chi connectivity index (χ0v) is 10.3. The number of hydrogen-bond donors (Lipinski definition) is 1. The number of furan rings is 1. The molecule has 1 N–H and O–H groups in total. The predicted octanol–water partition coefficient (Wildman–Crippen LogP) is 1.59. The summed E-state index contributed by atoms with van der Waals surface area (Å²) in [4.78, 5) is 0. The van der Waals surface area contributed by atoms with Crippen LogP contribution in [0.15, 0.2) is 16.5 Å². The van der Waals surface area contributed by atoms with Crippen LogP contribution < -0.4 is 5.32 Å². The Bertz CT molecular complexity index is 286. The van der Waals surface area contributed by atoms with Crippen molar-refractivity contribution in [2.75, 3.05) is 27.4 Å². The molecule has 1 aromatic heterocycles. The van der Waals surface area contributed by atoms with Gasteiger partial charge in [0.1, 0.15) is 11.5 Å². The smallest absolute Gasteiger partial charge is 0.117 e. The fraction of sp³-hybridized carbons (Fsp3) is 0.667. The second-order valence-electron chi connectivity index (χ2n) is 3.67. The van der Waals surface area contributed by atoms with Gasteiger partial charge in [-0.15, -0.1) is 0 Å². The van der Waals surface area contributed by atoms with Gasteiger partial charge in [-0.1, -0.05) is 6.92 Å². The minimum absolute atomic E-state index is 0.0885. The van der Waals surface area contributed by atoms with Crippen molar-refractivity contribution < 1.29 is 13.9 Å². The van der Waals surface area contributed by atoms with E-state index >= 15 is 0 Å². The van der Waals surface area contributed by atoms with E-state index in [2.05, 4.69) is 12.2 Å². The lowest BCUT2D eigenvalue weighted by atomic mass is 10.3. The molecule has 92 valence electrons. The normalized spacial score (nSPS) is 12.9. The van der Waals surface area contributed by atoms with E-state index in [4.69, 9.17) is 13.9 Å². The molecule has 0 amide bonds. The molecule has 1 heterocycles. The quantitative estimate of drug-likeness (QED) is 0.732. The Kier molecular flexibility index (Phi) is 6.15. The average Bonchev–Trinajstić information content (AvgIpc) is 2.76. The molecule has 0 radical (unpaired) electrons. The van der Waals surface area contributed by atoms with Crippen LogP contribution in [-0.2, 0) is 22.4 Å². The maximum Gasteiger partial charge on any atom is 0.117 e. The molecular formula is C12H21NO3. The molecule has 1 aromatic rings. The topological polar surface area (TPSA) is 43.6 Å². The van der Waals surface area contributed by atoms with Gasteiger partial charge in [-0.3, -0.25) is 0 Å². The molecular weight excluding hydrogens is 206 g/mol. The van der Waals surface area contributed by atoms with Gasteiger partial charge in [-0.05, 0) is 12.1 Å². The van der Waals surface area contributed by atoms with E-state index in [0.29, 0.717) is 6.61 Å². The lowest BCUT2D eigenvalue weighted by Gasteiger charge is -2.14. The van der Waals surface area contributed by atoms with Crippen molar-refractivity contribution in [2.45, 2.75) is 26.0 Å². The van der Waals surface area contributed by atoms with Crippen molar-refractivity contribution in [3.8, 4) is 0 Å². The molecule has 16 heavy (non-hydrogen) atoms. The first-order chi connectivity index (χ1) is 7.80. The first kappa shape index (κ1) is 13.2. The van der Waals surface area contributed by atoms with Crippen LogP contribution in [-0.4, -0.2) is 33.5 Å². The van der Waals surface area contributed by atoms with E-state index in [1.807, 2.05) is 12.1 Å². The maximum absolute atomic E-state index is 5.57. The Balaban J connectivity index is 2.23. The average molecular weight is 227 g/mol. The summed E-state index contributed by atoms with van der Waals surface area (Å²) in [5.41, 5.74) is 0. The van der Waals surface area contributed by atoms with Gasteiger partial charge < -0.3 is 19.2 Å². The van der Waals surface area contributed by atoms with Crippen LogP contribution in [0.5, 0.6) is 0 Å². The summed E-state index contributed by atoms with van der Waals surface area (Å²) in [6, 6.07) is 4.02. The van der Waals surface area contributed by atoms with E-state index < -0.39 is 0 Å². The van der Waals surface area contributed by atoms with Gasteiger partial charge >= 0.3 is 0 Å². The van der Waals surface area contributed by atoms with Gasteiger partial charge in [0.2, 0.25) is 0 Å². The Morgan fingerprint density at radius 1 is 1.31 bits per heavy atom. The number of methoxy groups -OCH3 is 2. The van der Waals surface area contributed by atoms with Crippen molar-refractivity contribution in [2.24, 2.45) is 0 Å². The molecule has 0 spiro atoms. The van der Waals surface area contributed by atoms with Crippen LogP contribution in [0.3, 0.4) is 0 Å². The highest BCUT2D eigenvalue weighted by atomic mass is 16.5. The standard InChI is InChI=1S/C12H21NO3/c1-4-10-5-6-11(16-10)7-13-8-12(15-3)9-14-2/h5-6,12-13H,4,7-9H2,1-3H3. The van der Waals surface area contributed by atoms with Crippen molar-refractivity contribution in [1.29, 1.82) is 0 Å². The first-order valence-corrected chi connectivity index (χ1v) is 5.60. The molecule has 1 rings (SSSR count). The SMILES string of the molecule is CCc1ccc(CNCC(COC)OC)o1. The second kappa shape index (κ2) is 7.44. The molecule has 0 aliphatic carbocycles. The maximum atomic E-state index is 5.57. The fourth-order valence-electron chi connectivity index (χ4n) is 1.46. The molecule has 0 fully saturated rings. The van der Waals surface area contributed by atoms with Gasteiger partial charge in [0, 0.05) is 27.2 Å². The van der Waals surface area contributed by atoms with Crippen LogP contribution in [0.25, 0.3) is 0 Å². The lowest BCUT2D eigenvalue weighted by Crippen LogP contribution is -2.31. The lowest BCUT2D eigenvalue weighted by molar-refractivity contribution is 0.0285. The third kappa shape index (κ3) is 4.35. The zero-order valence-electron chi connectivity index (χ0n) is 10.3. The predicted molar refractivity (Wildman–Crippen MR) is 62.5 cm³/mol. The largest absolute Gasteiger partial charge is 0.465 e. The number of hydrogen-bond acceptors (Lipinski definition) is 4. The summed E-state index contributed by atoms with van der Waals surface area (Å²) in [5.74, 6) is 1.99. The highest BCUT2D eigenvalue weighted by molar-refractivity contribution is 5.06. The molecule has 1 atom stereocenters. The molecule has 0 saturated carbocycles. The van der Waals surface area contributed by atoms with Crippen molar-refractivity contribution in [3.63, 3.8) is 0 Å². The molecule has 0 bridgehead atoms. The van der Waals surface area contributed by atoms with Crippen LogP contribution in [0.2, 0.25) is 0 Å². The van der Waals surface area contributed by atoms with Crippen LogP contribution >= 0.6 is 0 Å². The van der Waals surface area contributed by atoms with E-state index in [0.717, 1.165) is 31.0 Å². The summed E-state index contributed by atoms with van der Waals surface area (Å²) in [7, 11) is 3.36. The summed E-state index contributed by atoms with van der Waals surface area (Å²) in [6.07, 6.45) is 1.02. The van der Waals surface area contributed by atoms with Gasteiger partial charge in [-0.25, -0.2) is 0 Å². The van der Waals surface area contributed by atoms with Gasteiger partial charge in [0.05, 0.1) is 19.3 Å². The Labute approximate surface area is 96.9 Å². The zero-order chi connectivity index (χ0) is 11.8. The number of aryl methyl sites for hydroxylation is 1. The van der Waals surface area contributed by atoms with Gasteiger partial charge in [-0.2, -0.15) is 0 Å². The van der Waals surface area contributed by atoms with E-state index in [-0.39, 0.29) is 6.10 Å². The van der Waals surface area contributed by atoms with Crippen molar-refractivity contribution >= 4 is 0 Å². The monoisotopic (exact) mass is 227 g/mol. The number of ether oxygens (including phenoxy) is 2. The van der Waals surface area contributed by atoms with E-state index in [1.165, 1.54) is 0 Å². The van der Waals surface area contributed by atoms with Crippen LogP contribution in [0.1, 0.15) is 18.4 Å². The fourth-order valence-corrected chi connectivity index (χ4v) is 1.46. The molecule has 0 aliphatic heterocycles. The summed E-state index contributed by atoms with van der Waals surface area (Å²) in [5, 5.41) is 3.28. The molecule has 4 heteroatoms. The van der Waals surface area contributed by atoms with Crippen LogP contribution in [0.4, 0.5) is 0 Å². The van der Waals surface area contributed by atoms with Crippen LogP contribution in [0, 0.1) is 0 Å². The minimum atomic E-state index is 0.0885. The van der Waals surface area contributed by atoms with Crippen molar-refractivity contribution in [3.05, 3.63) is 23.7 Å². The molecule has 4 nitrogen and oxygen atoms in total. The van der Waals surface area contributed by atoms with Crippen molar-refractivity contribution in [1.82, 2.24) is 5.32 Å². The highest BCUT2D eigenvalue weighted by Gasteiger charge is 2.06. The first-order valence-electron chi connectivity index (χ1n) is 5.60. The van der Waals surface area contributed by atoms with E-state index in [9.17, 15) is 0 Å². The minimum Gasteiger partial charge on any atom is -0.465 e. The third-order valence-electron chi connectivity index (χ3n) is 2.42. The summed E-state index contributed by atoms with van der Waals surface area (Å²) in [6.45, 7) is 4.16. The molecule has 0 aromatic carbocycles. The summed E-state index contributed by atoms with van der Waals surface area (Å²) >= 11 is 0. The number of nitrogens with one attached hydrogen (secondary N) is 1. The number of rotatable bonds is 8. The molecule has 1 unspecified atom stereocenters. The Hall–Kier alpha value is -0.840. The molecule has 0 aliphatic rings. The third-order valence-corrected chi connectivity index (χ3v) is 2.42. The van der Waals surface area contributed by atoms with Gasteiger partial charge in [0.15, 0.2) is 0 Å². The Morgan fingerprint density at radius 2 is 2.06 bits per heavy atom. The summed E-state index contributed by atoms with van der Waals surface area (Å²) < 4.78 is 15.8. The van der Waals surface area contributed by atoms with E-state index in [1.54, 1.807) is 14.2 Å².